The van der Waals surface area contributed by atoms with Gasteiger partial charge in [-0.1, -0.05) is 6.07 Å². The highest BCUT2D eigenvalue weighted by Crippen LogP contribution is 2.24. The third-order valence-electron chi connectivity index (χ3n) is 4.32. The Morgan fingerprint density at radius 2 is 2.32 bits per heavy atom. The molecule has 1 amide bonds. The first-order valence-electron chi connectivity index (χ1n) is 8.49. The molecule has 1 aliphatic heterocycles. The van der Waals surface area contributed by atoms with Crippen LogP contribution in [-0.2, 0) is 11.3 Å². The number of nitrogens with zero attached hydrogens (tertiary/aromatic N) is 1. The van der Waals surface area contributed by atoms with Gasteiger partial charge in [0.05, 0.1) is 6.20 Å². The molecule has 25 heavy (non-hydrogen) atoms. The fraction of sp³-hybridized carbons (Fsp3) is 0.368. The van der Waals surface area contributed by atoms with E-state index in [0.717, 1.165) is 19.4 Å². The Kier molecular flexibility index (Phi) is 5.60. The topological polar surface area (TPSA) is 63.2 Å². The zero-order valence-electron chi connectivity index (χ0n) is 14.2. The number of ether oxygens (including phenoxy) is 1. The highest BCUT2D eigenvalue weighted by Gasteiger charge is 2.24. The summed E-state index contributed by atoms with van der Waals surface area (Å²) >= 11 is 0. The number of hydrogen-bond donors (Lipinski definition) is 2. The van der Waals surface area contributed by atoms with Crippen molar-refractivity contribution >= 4 is 5.91 Å². The molecule has 2 atom stereocenters. The number of benzene rings is 1. The van der Waals surface area contributed by atoms with Gasteiger partial charge in [-0.2, -0.15) is 0 Å². The first-order chi connectivity index (χ1) is 12.1. The quantitative estimate of drug-likeness (QED) is 0.876. The summed E-state index contributed by atoms with van der Waals surface area (Å²) in [5.41, 5.74) is 0.700. The van der Waals surface area contributed by atoms with Gasteiger partial charge in [-0.3, -0.25) is 9.78 Å². The molecule has 2 heterocycles. The van der Waals surface area contributed by atoms with Gasteiger partial charge in [0.2, 0.25) is 5.91 Å². The Labute approximate surface area is 146 Å². The summed E-state index contributed by atoms with van der Waals surface area (Å²) in [6.45, 7) is 3.24. The van der Waals surface area contributed by atoms with Crippen LogP contribution in [0.4, 0.5) is 4.39 Å². The van der Waals surface area contributed by atoms with E-state index in [9.17, 15) is 9.18 Å². The number of piperidine rings is 1. The van der Waals surface area contributed by atoms with E-state index < -0.39 is 5.82 Å². The zero-order chi connectivity index (χ0) is 17.6. The van der Waals surface area contributed by atoms with Gasteiger partial charge in [0.15, 0.2) is 11.6 Å². The predicted molar refractivity (Wildman–Crippen MR) is 92.7 cm³/mol. The van der Waals surface area contributed by atoms with Crippen LogP contribution in [0.5, 0.6) is 11.5 Å². The van der Waals surface area contributed by atoms with Crippen molar-refractivity contribution in [3.05, 3.63) is 54.1 Å². The third kappa shape index (κ3) is 4.76. The van der Waals surface area contributed by atoms with Gasteiger partial charge in [0, 0.05) is 24.7 Å². The minimum atomic E-state index is -0.467. The summed E-state index contributed by atoms with van der Waals surface area (Å²) in [7, 11) is 0. The van der Waals surface area contributed by atoms with E-state index in [-0.39, 0.29) is 17.6 Å². The predicted octanol–water partition coefficient (Wildman–Crippen LogP) is 3.02. The highest BCUT2D eigenvalue weighted by molar-refractivity contribution is 5.78. The van der Waals surface area contributed by atoms with Crippen molar-refractivity contribution in [3.8, 4) is 11.5 Å². The van der Waals surface area contributed by atoms with Crippen molar-refractivity contribution < 1.29 is 13.9 Å². The molecule has 1 fully saturated rings. The number of carbonyl (C=O) groups is 1. The van der Waals surface area contributed by atoms with E-state index in [1.54, 1.807) is 30.5 Å². The van der Waals surface area contributed by atoms with Crippen LogP contribution < -0.4 is 15.4 Å². The van der Waals surface area contributed by atoms with Crippen molar-refractivity contribution in [2.45, 2.75) is 32.4 Å². The normalized spacial score (nSPS) is 20.1. The van der Waals surface area contributed by atoms with Crippen LogP contribution in [0.1, 0.15) is 25.3 Å². The molecule has 3 rings (SSSR count). The lowest BCUT2D eigenvalue weighted by Crippen LogP contribution is -2.42. The van der Waals surface area contributed by atoms with Crippen molar-refractivity contribution in [1.29, 1.82) is 0 Å². The third-order valence-corrected chi connectivity index (χ3v) is 4.32. The maximum atomic E-state index is 14.2. The van der Waals surface area contributed by atoms with Crippen LogP contribution in [0.15, 0.2) is 42.7 Å². The number of carbonyl (C=O) groups excluding carboxylic acids is 1. The van der Waals surface area contributed by atoms with Gasteiger partial charge in [-0.25, -0.2) is 4.39 Å². The maximum absolute atomic E-state index is 14.2. The SMILES string of the molecule is C[C@H]1C[C@@H](C(=O)NCc2ccc(Oc3cccnc3)c(F)c2)CCN1. The van der Waals surface area contributed by atoms with Gasteiger partial charge in [0.25, 0.3) is 0 Å². The van der Waals surface area contributed by atoms with Gasteiger partial charge in [-0.05, 0) is 56.1 Å². The summed E-state index contributed by atoms with van der Waals surface area (Å²) in [6, 6.07) is 8.48. The molecule has 1 aliphatic rings. The van der Waals surface area contributed by atoms with Gasteiger partial charge < -0.3 is 15.4 Å². The first kappa shape index (κ1) is 17.4. The number of hydrogen-bond acceptors (Lipinski definition) is 4. The second-order valence-electron chi connectivity index (χ2n) is 6.35. The molecule has 1 aromatic heterocycles. The Balaban J connectivity index is 1.56. The van der Waals surface area contributed by atoms with E-state index >= 15 is 0 Å². The zero-order valence-corrected chi connectivity index (χ0v) is 14.2. The van der Waals surface area contributed by atoms with E-state index in [1.165, 1.54) is 12.3 Å². The molecule has 1 saturated heterocycles. The Morgan fingerprint density at radius 3 is 3.04 bits per heavy atom. The number of halogens is 1. The summed E-state index contributed by atoms with van der Waals surface area (Å²) in [6.07, 6.45) is 4.81. The highest BCUT2D eigenvalue weighted by atomic mass is 19.1. The molecule has 0 unspecified atom stereocenters. The van der Waals surface area contributed by atoms with E-state index in [1.807, 2.05) is 0 Å². The smallest absolute Gasteiger partial charge is 0.223 e. The summed E-state index contributed by atoms with van der Waals surface area (Å²) in [5.74, 6) is 0.197. The second-order valence-corrected chi connectivity index (χ2v) is 6.35. The summed E-state index contributed by atoms with van der Waals surface area (Å²) < 4.78 is 19.7. The Hall–Kier alpha value is -2.47. The molecule has 0 radical (unpaired) electrons. The average Bonchev–Trinajstić information content (AvgIpc) is 2.62. The summed E-state index contributed by atoms with van der Waals surface area (Å²) in [4.78, 5) is 16.2. The van der Waals surface area contributed by atoms with Gasteiger partial charge >= 0.3 is 0 Å². The van der Waals surface area contributed by atoms with Crippen LogP contribution in [-0.4, -0.2) is 23.5 Å². The molecule has 132 valence electrons. The Bertz CT molecular complexity index is 724. The molecule has 1 aromatic carbocycles. The minimum Gasteiger partial charge on any atom is -0.453 e. The fourth-order valence-electron chi connectivity index (χ4n) is 2.98. The number of amides is 1. The van der Waals surface area contributed by atoms with Crippen LogP contribution >= 0.6 is 0 Å². The van der Waals surface area contributed by atoms with E-state index in [2.05, 4.69) is 22.5 Å². The molecular weight excluding hydrogens is 321 g/mol. The summed E-state index contributed by atoms with van der Waals surface area (Å²) in [5, 5.41) is 6.23. The molecule has 0 saturated carbocycles. The molecule has 6 heteroatoms. The molecule has 0 spiro atoms. The lowest BCUT2D eigenvalue weighted by atomic mass is 9.92. The molecule has 0 bridgehead atoms. The molecule has 2 aromatic rings. The fourth-order valence-corrected chi connectivity index (χ4v) is 2.98. The van der Waals surface area contributed by atoms with Crippen LogP contribution in [0.3, 0.4) is 0 Å². The molecule has 5 nitrogen and oxygen atoms in total. The van der Waals surface area contributed by atoms with Gasteiger partial charge in [0.1, 0.15) is 5.75 Å². The minimum absolute atomic E-state index is 0.0225. The Morgan fingerprint density at radius 1 is 1.44 bits per heavy atom. The first-order valence-corrected chi connectivity index (χ1v) is 8.49. The lowest BCUT2D eigenvalue weighted by Gasteiger charge is -2.27. The van der Waals surface area contributed by atoms with Crippen LogP contribution in [0.25, 0.3) is 0 Å². The van der Waals surface area contributed by atoms with Crippen molar-refractivity contribution in [3.63, 3.8) is 0 Å². The van der Waals surface area contributed by atoms with Gasteiger partial charge in [-0.15, -0.1) is 0 Å². The van der Waals surface area contributed by atoms with Crippen molar-refractivity contribution in [1.82, 2.24) is 15.6 Å². The maximum Gasteiger partial charge on any atom is 0.223 e. The van der Waals surface area contributed by atoms with Crippen molar-refractivity contribution in [2.75, 3.05) is 6.54 Å². The largest absolute Gasteiger partial charge is 0.453 e. The number of nitrogens with one attached hydrogen (secondary N) is 2. The molecular formula is C19H22FN3O2. The second kappa shape index (κ2) is 8.07. The number of aromatic nitrogens is 1. The molecule has 0 aliphatic carbocycles. The van der Waals surface area contributed by atoms with E-state index in [0.29, 0.717) is 23.9 Å². The number of pyridine rings is 1. The van der Waals surface area contributed by atoms with Crippen molar-refractivity contribution in [2.24, 2.45) is 5.92 Å². The van der Waals surface area contributed by atoms with Crippen LogP contribution in [0.2, 0.25) is 0 Å². The molecule has 2 N–H and O–H groups in total. The number of rotatable bonds is 5. The lowest BCUT2D eigenvalue weighted by molar-refractivity contribution is -0.126. The van der Waals surface area contributed by atoms with E-state index in [4.69, 9.17) is 4.74 Å². The standard InChI is InChI=1S/C19H22FN3O2/c1-13-9-15(6-8-22-13)19(24)23-11-14-4-5-18(17(20)10-14)25-16-3-2-7-21-12-16/h2-5,7,10,12-13,15,22H,6,8-9,11H2,1H3,(H,23,24)/t13-,15-/m0/s1. The average molecular weight is 343 g/mol. The van der Waals surface area contributed by atoms with Crippen LogP contribution in [0, 0.1) is 11.7 Å². The monoisotopic (exact) mass is 343 g/mol.